The molecule has 0 aromatic carbocycles. The minimum atomic E-state index is -0.498. The van der Waals surface area contributed by atoms with Gasteiger partial charge in [0.2, 0.25) is 0 Å². The molecule has 14 heavy (non-hydrogen) atoms. The quantitative estimate of drug-likeness (QED) is 0.716. The van der Waals surface area contributed by atoms with E-state index in [1.54, 1.807) is 13.0 Å². The van der Waals surface area contributed by atoms with Gasteiger partial charge in [-0.15, -0.1) is 0 Å². The molecule has 0 radical (unpaired) electrons. The summed E-state index contributed by atoms with van der Waals surface area (Å²) in [7, 11) is 1.26. The molecule has 0 bridgehead atoms. The minimum Gasteiger partial charge on any atom is -0.468 e. The summed E-state index contributed by atoms with van der Waals surface area (Å²) in [5.74, 6) is -0.700. The van der Waals surface area contributed by atoms with Gasteiger partial charge in [0.1, 0.15) is 6.54 Å². The van der Waals surface area contributed by atoms with Gasteiger partial charge in [0.25, 0.3) is 5.91 Å². The van der Waals surface area contributed by atoms with Crippen LogP contribution in [0.3, 0.4) is 0 Å². The van der Waals surface area contributed by atoms with E-state index >= 15 is 0 Å². The third kappa shape index (κ3) is 2.35. The number of furan rings is 1. The minimum absolute atomic E-state index is 0.157. The molecule has 0 unspecified atom stereocenters. The normalized spacial score (nSPS) is 9.57. The molecule has 5 nitrogen and oxygen atoms in total. The van der Waals surface area contributed by atoms with Crippen molar-refractivity contribution in [1.29, 1.82) is 0 Å². The Hall–Kier alpha value is -1.78. The highest BCUT2D eigenvalue weighted by atomic mass is 16.5. The van der Waals surface area contributed by atoms with Gasteiger partial charge >= 0.3 is 5.97 Å². The fourth-order valence-corrected chi connectivity index (χ4v) is 0.910. The lowest BCUT2D eigenvalue weighted by molar-refractivity contribution is -0.139. The molecular weight excluding hydrogens is 186 g/mol. The Morgan fingerprint density at radius 3 is 2.79 bits per heavy atom. The van der Waals surface area contributed by atoms with Gasteiger partial charge in [0.05, 0.1) is 13.4 Å². The van der Waals surface area contributed by atoms with Crippen LogP contribution in [-0.4, -0.2) is 25.5 Å². The topological polar surface area (TPSA) is 68.5 Å². The Morgan fingerprint density at radius 1 is 1.57 bits per heavy atom. The lowest BCUT2D eigenvalue weighted by atomic mass is 10.3. The monoisotopic (exact) mass is 197 g/mol. The molecule has 0 spiro atoms. The predicted molar refractivity (Wildman–Crippen MR) is 47.8 cm³/mol. The van der Waals surface area contributed by atoms with Gasteiger partial charge in [-0.25, -0.2) is 0 Å². The number of nitrogens with one attached hydrogen (secondary N) is 1. The summed E-state index contributed by atoms with van der Waals surface area (Å²) in [6.07, 6.45) is 1.42. The van der Waals surface area contributed by atoms with Crippen LogP contribution in [0.2, 0.25) is 0 Å². The van der Waals surface area contributed by atoms with Crippen molar-refractivity contribution in [2.24, 2.45) is 0 Å². The number of amides is 1. The average molecular weight is 197 g/mol. The largest absolute Gasteiger partial charge is 0.468 e. The maximum absolute atomic E-state index is 11.3. The van der Waals surface area contributed by atoms with E-state index in [0.29, 0.717) is 0 Å². The van der Waals surface area contributed by atoms with Crippen molar-refractivity contribution in [1.82, 2.24) is 5.32 Å². The first kappa shape index (κ1) is 10.3. The van der Waals surface area contributed by atoms with Gasteiger partial charge in [-0.2, -0.15) is 0 Å². The molecule has 1 N–H and O–H groups in total. The molecule has 5 heteroatoms. The van der Waals surface area contributed by atoms with Crippen molar-refractivity contribution in [2.45, 2.75) is 6.92 Å². The van der Waals surface area contributed by atoms with Crippen molar-refractivity contribution in [3.63, 3.8) is 0 Å². The standard InChI is InChI=1S/C9H11NO4/c1-6-3-4-14-8(6)9(12)10-5-7(11)13-2/h3-4H,5H2,1-2H3,(H,10,12). The Kier molecular flexibility index (Phi) is 3.28. The number of rotatable bonds is 3. The van der Waals surface area contributed by atoms with Gasteiger partial charge in [0, 0.05) is 5.56 Å². The lowest BCUT2D eigenvalue weighted by Gasteiger charge is -2.01. The Labute approximate surface area is 81.0 Å². The summed E-state index contributed by atoms with van der Waals surface area (Å²) < 4.78 is 9.29. The van der Waals surface area contributed by atoms with Crippen LogP contribution < -0.4 is 5.32 Å². The summed E-state index contributed by atoms with van der Waals surface area (Å²) in [5.41, 5.74) is 0.729. The van der Waals surface area contributed by atoms with E-state index in [1.165, 1.54) is 13.4 Å². The van der Waals surface area contributed by atoms with E-state index in [0.717, 1.165) is 5.56 Å². The van der Waals surface area contributed by atoms with Crippen LogP contribution in [0, 0.1) is 6.92 Å². The van der Waals surface area contributed by atoms with Gasteiger partial charge < -0.3 is 14.5 Å². The highest BCUT2D eigenvalue weighted by Gasteiger charge is 2.13. The van der Waals surface area contributed by atoms with Crippen molar-refractivity contribution >= 4 is 11.9 Å². The van der Waals surface area contributed by atoms with Crippen LogP contribution >= 0.6 is 0 Å². The molecule has 1 aromatic rings. The first-order chi connectivity index (χ1) is 6.65. The molecule has 1 rings (SSSR count). The van der Waals surface area contributed by atoms with E-state index in [-0.39, 0.29) is 12.3 Å². The molecule has 1 amide bonds. The third-order valence-electron chi connectivity index (χ3n) is 1.69. The van der Waals surface area contributed by atoms with Gasteiger partial charge in [-0.3, -0.25) is 9.59 Å². The number of hydrogen-bond acceptors (Lipinski definition) is 4. The van der Waals surface area contributed by atoms with Crippen molar-refractivity contribution in [2.75, 3.05) is 13.7 Å². The third-order valence-corrected chi connectivity index (χ3v) is 1.69. The zero-order valence-corrected chi connectivity index (χ0v) is 7.99. The van der Waals surface area contributed by atoms with Crippen molar-refractivity contribution in [3.05, 3.63) is 23.7 Å². The van der Waals surface area contributed by atoms with Crippen LogP contribution in [0.25, 0.3) is 0 Å². The average Bonchev–Trinajstić information content (AvgIpc) is 2.60. The summed E-state index contributed by atoms with van der Waals surface area (Å²) in [6.45, 7) is 1.59. The maximum Gasteiger partial charge on any atom is 0.325 e. The summed E-state index contributed by atoms with van der Waals surface area (Å²) in [5, 5.41) is 2.37. The Morgan fingerprint density at radius 2 is 2.29 bits per heavy atom. The van der Waals surface area contributed by atoms with Crippen LogP contribution in [0.15, 0.2) is 16.7 Å². The number of hydrogen-bond donors (Lipinski definition) is 1. The fraction of sp³-hybridized carbons (Fsp3) is 0.333. The van der Waals surface area contributed by atoms with E-state index < -0.39 is 11.9 Å². The summed E-state index contributed by atoms with van der Waals surface area (Å²) in [4.78, 5) is 22.0. The van der Waals surface area contributed by atoms with E-state index in [4.69, 9.17) is 4.42 Å². The van der Waals surface area contributed by atoms with Gasteiger partial charge in [-0.05, 0) is 13.0 Å². The molecule has 0 atom stereocenters. The van der Waals surface area contributed by atoms with Crippen LogP contribution in [0.4, 0.5) is 0 Å². The molecule has 1 aromatic heterocycles. The fourth-order valence-electron chi connectivity index (χ4n) is 0.910. The summed E-state index contributed by atoms with van der Waals surface area (Å²) in [6, 6.07) is 1.67. The summed E-state index contributed by atoms with van der Waals surface area (Å²) >= 11 is 0. The second-order valence-corrected chi connectivity index (χ2v) is 2.69. The molecule has 0 saturated heterocycles. The predicted octanol–water partition coefficient (Wildman–Crippen LogP) is 0.491. The maximum atomic E-state index is 11.3. The lowest BCUT2D eigenvalue weighted by Crippen LogP contribution is -2.30. The van der Waals surface area contributed by atoms with Crippen LogP contribution in [0.1, 0.15) is 16.1 Å². The molecule has 0 fully saturated rings. The SMILES string of the molecule is COC(=O)CNC(=O)c1occc1C. The van der Waals surface area contributed by atoms with Crippen LogP contribution in [0.5, 0.6) is 0 Å². The second-order valence-electron chi connectivity index (χ2n) is 2.69. The number of methoxy groups -OCH3 is 1. The molecule has 0 aliphatic carbocycles. The first-order valence-corrected chi connectivity index (χ1v) is 4.04. The molecule has 0 aliphatic rings. The van der Waals surface area contributed by atoms with Crippen molar-refractivity contribution in [3.8, 4) is 0 Å². The zero-order chi connectivity index (χ0) is 10.6. The molecular formula is C9H11NO4. The smallest absolute Gasteiger partial charge is 0.325 e. The molecule has 1 heterocycles. The highest BCUT2D eigenvalue weighted by Crippen LogP contribution is 2.07. The Bertz CT molecular complexity index is 342. The molecule has 0 aliphatic heterocycles. The first-order valence-electron chi connectivity index (χ1n) is 4.04. The number of carbonyl (C=O) groups is 2. The van der Waals surface area contributed by atoms with Gasteiger partial charge in [-0.1, -0.05) is 0 Å². The van der Waals surface area contributed by atoms with E-state index in [9.17, 15) is 9.59 Å². The zero-order valence-electron chi connectivity index (χ0n) is 7.99. The number of aryl methyl sites for hydroxylation is 1. The Balaban J connectivity index is 2.52. The van der Waals surface area contributed by atoms with Crippen LogP contribution in [-0.2, 0) is 9.53 Å². The van der Waals surface area contributed by atoms with Crippen molar-refractivity contribution < 1.29 is 18.7 Å². The van der Waals surface area contributed by atoms with E-state index in [2.05, 4.69) is 10.1 Å². The molecule has 76 valence electrons. The number of carbonyl (C=O) groups excluding carboxylic acids is 2. The van der Waals surface area contributed by atoms with Gasteiger partial charge in [0.15, 0.2) is 5.76 Å². The second kappa shape index (κ2) is 4.45. The molecule has 0 saturated carbocycles. The number of ether oxygens (including phenoxy) is 1. The number of esters is 1. The van der Waals surface area contributed by atoms with E-state index in [1.807, 2.05) is 0 Å². The highest BCUT2D eigenvalue weighted by molar-refractivity contribution is 5.94.